The summed E-state index contributed by atoms with van der Waals surface area (Å²) in [6.07, 6.45) is 1.78. The molecule has 0 atom stereocenters. The molecular weight excluding hydrogens is 236 g/mol. The number of aryl methyl sites for hydroxylation is 2. The molecule has 0 aliphatic rings. The molecule has 2 aromatic heterocycles. The van der Waals surface area contributed by atoms with E-state index in [-0.39, 0.29) is 0 Å². The Labute approximate surface area is 106 Å². The molecule has 1 N–H and O–H groups in total. The van der Waals surface area contributed by atoms with Crippen LogP contribution in [0.15, 0.2) is 18.3 Å². The van der Waals surface area contributed by atoms with E-state index in [1.165, 1.54) is 5.56 Å². The van der Waals surface area contributed by atoms with Gasteiger partial charge in [-0.05, 0) is 38.6 Å². The van der Waals surface area contributed by atoms with Crippen molar-refractivity contribution in [2.45, 2.75) is 20.4 Å². The van der Waals surface area contributed by atoms with Crippen molar-refractivity contribution >= 4 is 11.6 Å². The van der Waals surface area contributed by atoms with E-state index in [1.807, 2.05) is 27.0 Å². The van der Waals surface area contributed by atoms with E-state index in [2.05, 4.69) is 21.5 Å². The molecule has 5 heteroatoms. The number of nitrogens with one attached hydrogen (secondary N) is 1. The fourth-order valence-electron chi connectivity index (χ4n) is 1.70. The van der Waals surface area contributed by atoms with Gasteiger partial charge in [-0.15, -0.1) is 0 Å². The van der Waals surface area contributed by atoms with Crippen molar-refractivity contribution in [3.8, 4) is 5.82 Å². The molecule has 17 heavy (non-hydrogen) atoms. The molecule has 0 bridgehead atoms. The van der Waals surface area contributed by atoms with Crippen molar-refractivity contribution < 1.29 is 0 Å². The molecule has 90 valence electrons. The Balaban J connectivity index is 2.44. The molecule has 2 aromatic rings. The fraction of sp³-hybridized carbons (Fsp3) is 0.333. The van der Waals surface area contributed by atoms with Gasteiger partial charge in [-0.25, -0.2) is 9.67 Å². The highest BCUT2D eigenvalue weighted by molar-refractivity contribution is 6.31. The molecule has 0 saturated heterocycles. The maximum atomic E-state index is 6.00. The third-order valence-corrected chi connectivity index (χ3v) is 2.83. The Morgan fingerprint density at radius 3 is 2.71 bits per heavy atom. The van der Waals surface area contributed by atoms with Gasteiger partial charge < -0.3 is 5.32 Å². The van der Waals surface area contributed by atoms with Gasteiger partial charge in [0, 0.05) is 12.2 Å². The molecule has 0 aliphatic heterocycles. The van der Waals surface area contributed by atoms with Gasteiger partial charge >= 0.3 is 0 Å². The van der Waals surface area contributed by atoms with Crippen molar-refractivity contribution in [1.29, 1.82) is 0 Å². The van der Waals surface area contributed by atoms with E-state index in [9.17, 15) is 0 Å². The lowest BCUT2D eigenvalue weighted by molar-refractivity contribution is 0.792. The average molecular weight is 251 g/mol. The predicted molar refractivity (Wildman–Crippen MR) is 68.6 cm³/mol. The Morgan fingerprint density at radius 2 is 2.12 bits per heavy atom. The first-order valence-electron chi connectivity index (χ1n) is 5.44. The second-order valence-electron chi connectivity index (χ2n) is 4.01. The van der Waals surface area contributed by atoms with Gasteiger partial charge in [-0.2, -0.15) is 5.10 Å². The molecule has 2 heterocycles. The van der Waals surface area contributed by atoms with E-state index in [0.29, 0.717) is 5.02 Å². The van der Waals surface area contributed by atoms with Crippen LogP contribution in [0.4, 0.5) is 0 Å². The molecular formula is C12H15ClN4. The fourth-order valence-corrected chi connectivity index (χ4v) is 1.83. The number of aromatic nitrogens is 3. The van der Waals surface area contributed by atoms with Crippen LogP contribution in [-0.2, 0) is 6.54 Å². The molecule has 0 aromatic carbocycles. The third kappa shape index (κ3) is 2.65. The highest BCUT2D eigenvalue weighted by Crippen LogP contribution is 2.16. The summed E-state index contributed by atoms with van der Waals surface area (Å²) in [5, 5.41) is 8.10. The van der Waals surface area contributed by atoms with Crippen LogP contribution < -0.4 is 5.32 Å². The lowest BCUT2D eigenvalue weighted by atomic mass is 10.2. The number of hydrogen-bond donors (Lipinski definition) is 1. The zero-order valence-electron chi connectivity index (χ0n) is 10.2. The number of pyridine rings is 1. The highest BCUT2D eigenvalue weighted by atomic mass is 35.5. The largest absolute Gasteiger partial charge is 0.316 e. The van der Waals surface area contributed by atoms with E-state index >= 15 is 0 Å². The highest BCUT2D eigenvalue weighted by Gasteiger charge is 2.06. The minimum atomic E-state index is 0.656. The summed E-state index contributed by atoms with van der Waals surface area (Å²) in [4.78, 5) is 4.45. The topological polar surface area (TPSA) is 42.7 Å². The second kappa shape index (κ2) is 4.85. The van der Waals surface area contributed by atoms with Gasteiger partial charge in [0.05, 0.1) is 16.9 Å². The van der Waals surface area contributed by atoms with Crippen LogP contribution in [0.2, 0.25) is 5.02 Å². The summed E-state index contributed by atoms with van der Waals surface area (Å²) in [6.45, 7) is 4.66. The van der Waals surface area contributed by atoms with Crippen LogP contribution in [0.3, 0.4) is 0 Å². The van der Waals surface area contributed by atoms with E-state index < -0.39 is 0 Å². The van der Waals surface area contributed by atoms with Gasteiger partial charge in [0.15, 0.2) is 5.82 Å². The van der Waals surface area contributed by atoms with E-state index in [1.54, 1.807) is 10.9 Å². The van der Waals surface area contributed by atoms with Crippen LogP contribution >= 0.6 is 11.6 Å². The molecule has 2 rings (SSSR count). The van der Waals surface area contributed by atoms with Crippen LogP contribution in [0.1, 0.15) is 17.0 Å². The zero-order chi connectivity index (χ0) is 12.4. The maximum Gasteiger partial charge on any atom is 0.153 e. The van der Waals surface area contributed by atoms with Gasteiger partial charge in [0.1, 0.15) is 0 Å². The lowest BCUT2D eigenvalue weighted by Gasteiger charge is -2.06. The van der Waals surface area contributed by atoms with Gasteiger partial charge in [0.2, 0.25) is 0 Å². The van der Waals surface area contributed by atoms with Crippen molar-refractivity contribution in [1.82, 2.24) is 20.1 Å². The standard InChI is InChI=1S/C12H15ClN4/c1-8-4-10(6-14-3)5-12(15-8)17-7-11(13)9(2)16-17/h4-5,7,14H,6H2,1-3H3. The smallest absolute Gasteiger partial charge is 0.153 e. The average Bonchev–Trinajstić information content (AvgIpc) is 2.59. The van der Waals surface area contributed by atoms with Crippen molar-refractivity contribution in [2.24, 2.45) is 0 Å². The molecule has 0 radical (unpaired) electrons. The van der Waals surface area contributed by atoms with Crippen LogP contribution in [-0.4, -0.2) is 21.8 Å². The summed E-state index contributed by atoms with van der Waals surface area (Å²) in [7, 11) is 1.92. The second-order valence-corrected chi connectivity index (χ2v) is 4.42. The van der Waals surface area contributed by atoms with Gasteiger partial charge in [-0.1, -0.05) is 11.6 Å². The van der Waals surface area contributed by atoms with Gasteiger partial charge in [0.25, 0.3) is 0 Å². The molecule has 4 nitrogen and oxygen atoms in total. The quantitative estimate of drug-likeness (QED) is 0.909. The zero-order valence-corrected chi connectivity index (χ0v) is 10.9. The molecule has 0 fully saturated rings. The summed E-state index contributed by atoms with van der Waals surface area (Å²) >= 11 is 6.00. The lowest BCUT2D eigenvalue weighted by Crippen LogP contribution is -2.08. The van der Waals surface area contributed by atoms with E-state index in [0.717, 1.165) is 23.8 Å². The minimum Gasteiger partial charge on any atom is -0.316 e. The molecule has 0 amide bonds. The van der Waals surface area contributed by atoms with Crippen molar-refractivity contribution in [3.05, 3.63) is 40.3 Å². The SMILES string of the molecule is CNCc1cc(C)nc(-n2cc(Cl)c(C)n2)c1. The summed E-state index contributed by atoms with van der Waals surface area (Å²) < 4.78 is 1.71. The minimum absolute atomic E-state index is 0.656. The Morgan fingerprint density at radius 1 is 1.35 bits per heavy atom. The first kappa shape index (κ1) is 12.1. The Bertz CT molecular complexity index is 514. The maximum absolute atomic E-state index is 6.00. The number of nitrogens with zero attached hydrogens (tertiary/aromatic N) is 3. The van der Waals surface area contributed by atoms with Gasteiger partial charge in [-0.3, -0.25) is 0 Å². The van der Waals surface area contributed by atoms with Crippen LogP contribution in [0, 0.1) is 13.8 Å². The first-order valence-corrected chi connectivity index (χ1v) is 5.82. The third-order valence-electron chi connectivity index (χ3n) is 2.45. The first-order chi connectivity index (χ1) is 8.10. The summed E-state index contributed by atoms with van der Waals surface area (Å²) in [6, 6.07) is 4.06. The normalized spacial score (nSPS) is 10.8. The van der Waals surface area contributed by atoms with Crippen molar-refractivity contribution in [3.63, 3.8) is 0 Å². The molecule has 0 aliphatic carbocycles. The molecule has 0 unspecified atom stereocenters. The summed E-state index contributed by atoms with van der Waals surface area (Å²) in [5.74, 6) is 0.797. The van der Waals surface area contributed by atoms with Crippen LogP contribution in [0.25, 0.3) is 5.82 Å². The summed E-state index contributed by atoms with van der Waals surface area (Å²) in [5.41, 5.74) is 2.96. The monoisotopic (exact) mass is 250 g/mol. The predicted octanol–water partition coefficient (Wildman–Crippen LogP) is 2.26. The number of hydrogen-bond acceptors (Lipinski definition) is 3. The van der Waals surface area contributed by atoms with E-state index in [4.69, 9.17) is 11.6 Å². The Kier molecular flexibility index (Phi) is 3.45. The molecule has 0 saturated carbocycles. The van der Waals surface area contributed by atoms with Crippen molar-refractivity contribution in [2.75, 3.05) is 7.05 Å². The molecule has 0 spiro atoms. The van der Waals surface area contributed by atoms with Crippen LogP contribution in [0.5, 0.6) is 0 Å². The number of rotatable bonds is 3. The number of halogens is 1. The Hall–Kier alpha value is -1.39.